The average Bonchev–Trinajstić information content (AvgIpc) is 2.22. The van der Waals surface area contributed by atoms with Crippen molar-refractivity contribution in [1.29, 1.82) is 0 Å². The molecule has 0 spiro atoms. The van der Waals surface area contributed by atoms with Gasteiger partial charge in [0.2, 0.25) is 17.7 Å². The van der Waals surface area contributed by atoms with Gasteiger partial charge < -0.3 is 59.1 Å². The minimum absolute atomic E-state index is 0.00295. The summed E-state index contributed by atoms with van der Waals surface area (Å²) in [7, 11) is 0. The number of nitrogens with one attached hydrogen (secondary N) is 3. The Morgan fingerprint density at radius 2 is 0.667 bits per heavy atom. The Kier molecular flexibility index (Phi) is 16.0. The number of hydrogen-bond acceptors (Lipinski definition) is 18. The SMILES string of the molecule is CC1(C)S[C@@H]2[C@H](NC(=O)COc3cc(OCC(=O)N[C@@H]4C(=O)N5C(C(=O)OCc6ccccc6)C(C)(C)S[C@H]45)cc(OCC(=O)N[C@@H]4C(=O)N5C(C(=O)OCc6ccccc6)C(C)(C)S[C@H]45)c3)C(=O)N2C1C(=O)OCc1ccccc1. The average molecular weight is 1170 g/mol. The third kappa shape index (κ3) is 11.7. The van der Waals surface area contributed by atoms with Gasteiger partial charge in [-0.3, -0.25) is 28.8 Å². The van der Waals surface area contributed by atoms with Crippen molar-refractivity contribution in [1.82, 2.24) is 30.7 Å². The van der Waals surface area contributed by atoms with Crippen LogP contribution >= 0.6 is 35.3 Å². The molecule has 6 saturated heterocycles. The van der Waals surface area contributed by atoms with E-state index >= 15 is 0 Å². The molecule has 0 saturated carbocycles. The third-order valence-electron chi connectivity index (χ3n) is 14.6. The lowest BCUT2D eigenvalue weighted by Gasteiger charge is -2.43. The van der Waals surface area contributed by atoms with E-state index in [4.69, 9.17) is 28.4 Å². The van der Waals surface area contributed by atoms with E-state index in [2.05, 4.69) is 16.0 Å². The number of esters is 3. The Bertz CT molecular complexity index is 2800. The van der Waals surface area contributed by atoms with Crippen LogP contribution in [0.25, 0.3) is 0 Å². The largest absolute Gasteiger partial charge is 0.484 e. The predicted molar refractivity (Wildman–Crippen MR) is 296 cm³/mol. The zero-order valence-electron chi connectivity index (χ0n) is 45.0. The van der Waals surface area contributed by atoms with Crippen LogP contribution in [-0.2, 0) is 77.2 Å². The number of β-lactam (4-membered cyclic amide) rings is 3. The molecule has 4 aromatic rings. The molecule has 4 aromatic carbocycles. The molecule has 6 aliphatic rings. The normalized spacial score (nSPS) is 25.8. The van der Waals surface area contributed by atoms with Crippen LogP contribution in [0, 0.1) is 0 Å². The summed E-state index contributed by atoms with van der Waals surface area (Å²) in [6, 6.07) is 26.0. The number of amides is 6. The summed E-state index contributed by atoms with van der Waals surface area (Å²) < 4.78 is 32.3. The fourth-order valence-corrected chi connectivity index (χ4v) is 15.6. The molecule has 6 heterocycles. The van der Waals surface area contributed by atoms with E-state index in [0.29, 0.717) is 0 Å². The lowest BCUT2D eigenvalue weighted by molar-refractivity contribution is -0.165. The summed E-state index contributed by atoms with van der Waals surface area (Å²) in [5.41, 5.74) is 2.38. The highest BCUT2D eigenvalue weighted by Gasteiger charge is 2.67. The topological polar surface area (TPSA) is 255 Å². The zero-order chi connectivity index (χ0) is 57.5. The van der Waals surface area contributed by atoms with E-state index in [9.17, 15) is 43.2 Å². The Morgan fingerprint density at radius 1 is 0.420 bits per heavy atom. The first-order chi connectivity index (χ1) is 38.6. The summed E-state index contributed by atoms with van der Waals surface area (Å²) in [5, 5.41) is 6.46. The fourth-order valence-electron chi connectivity index (χ4n) is 10.7. The van der Waals surface area contributed by atoms with Gasteiger partial charge in [0.25, 0.3) is 17.7 Å². The van der Waals surface area contributed by atoms with Gasteiger partial charge in [0.1, 0.15) is 89.4 Å². The molecule has 3 unspecified atom stereocenters. The maximum Gasteiger partial charge on any atom is 0.330 e. The van der Waals surface area contributed by atoms with Gasteiger partial charge in [0, 0.05) is 32.4 Å². The molecule has 426 valence electrons. The summed E-state index contributed by atoms with van der Waals surface area (Å²) in [6.07, 6.45) is 0. The molecule has 9 atom stereocenters. The Morgan fingerprint density at radius 3 is 0.914 bits per heavy atom. The number of carbonyl (C=O) groups is 9. The van der Waals surface area contributed by atoms with E-state index in [0.717, 1.165) is 16.7 Å². The van der Waals surface area contributed by atoms with Gasteiger partial charge in [0.15, 0.2) is 19.8 Å². The maximum absolute atomic E-state index is 13.5. The number of benzene rings is 4. The standard InChI is InChI=1S/C57H60N6O15S3/c1-55(2)43(52(70)76-25-31-16-10-7-11-17-31)61-46(67)40(49(61)79-55)58-37(64)28-73-34-22-35(74-29-38(65)59-41-47(68)62-44(56(3,4)80-50(41)62)53(71)77-26-32-18-12-8-13-19-32)24-36(23-34)75-30-39(66)60-42-48(69)63-45(57(5,6)81-51(42)63)54(72)78-27-33-20-14-9-15-21-33/h7-24,40-45,49-51H,25-30H2,1-6H3,(H,58,64)(H,59,65)(H,60,66)/t40-,41-,42-,43?,44?,45?,49-,50-,51-/m1/s1. The van der Waals surface area contributed by atoms with Crippen molar-refractivity contribution in [2.45, 2.75) is 128 Å². The smallest absolute Gasteiger partial charge is 0.330 e. The first-order valence-electron chi connectivity index (χ1n) is 26.1. The second-order valence-corrected chi connectivity index (χ2v) is 27.0. The van der Waals surface area contributed by atoms with Gasteiger partial charge in [0.05, 0.1) is 0 Å². The number of nitrogens with zero attached hydrogens (tertiary/aromatic N) is 3. The molecule has 6 amide bonds. The van der Waals surface area contributed by atoms with E-state index < -0.39 is 140 Å². The zero-order valence-corrected chi connectivity index (χ0v) is 47.5. The number of ether oxygens (including phenoxy) is 6. The molecular formula is C57H60N6O15S3. The number of rotatable bonds is 21. The molecule has 0 radical (unpaired) electrons. The monoisotopic (exact) mass is 1160 g/mol. The molecule has 24 heteroatoms. The predicted octanol–water partition coefficient (Wildman–Crippen LogP) is 3.69. The Labute approximate surface area is 479 Å². The van der Waals surface area contributed by atoms with Crippen molar-refractivity contribution in [2.75, 3.05) is 19.8 Å². The summed E-state index contributed by atoms with van der Waals surface area (Å²) >= 11 is 4.09. The second kappa shape index (κ2) is 22.8. The number of carbonyl (C=O) groups excluding carboxylic acids is 9. The molecule has 3 N–H and O–H groups in total. The van der Waals surface area contributed by atoms with Gasteiger partial charge in [-0.2, -0.15) is 0 Å². The van der Waals surface area contributed by atoms with Gasteiger partial charge >= 0.3 is 17.9 Å². The Hall–Kier alpha value is -7.44. The molecule has 10 rings (SSSR count). The number of hydrogen-bond donors (Lipinski definition) is 3. The van der Waals surface area contributed by atoms with Crippen LogP contribution in [0.15, 0.2) is 109 Å². The van der Waals surface area contributed by atoms with Crippen LogP contribution in [0.1, 0.15) is 58.2 Å². The first-order valence-corrected chi connectivity index (χ1v) is 28.8. The second-order valence-electron chi connectivity index (χ2n) is 21.7. The minimum Gasteiger partial charge on any atom is -0.484 e. The Balaban J connectivity index is 0.764. The van der Waals surface area contributed by atoms with Crippen LogP contribution in [0.4, 0.5) is 0 Å². The van der Waals surface area contributed by atoms with Crippen molar-refractivity contribution in [3.8, 4) is 17.2 Å². The molecule has 0 aliphatic carbocycles. The molecule has 0 bridgehead atoms. The number of thioether (sulfide) groups is 3. The van der Waals surface area contributed by atoms with Crippen LogP contribution in [0.2, 0.25) is 0 Å². The van der Waals surface area contributed by atoms with E-state index in [1.807, 2.05) is 133 Å². The quantitative estimate of drug-likeness (QED) is 0.0611. The number of fused-ring (bicyclic) bond motifs is 3. The van der Waals surface area contributed by atoms with Crippen LogP contribution < -0.4 is 30.2 Å². The van der Waals surface area contributed by atoms with E-state index in [1.165, 1.54) is 68.2 Å². The van der Waals surface area contributed by atoms with Gasteiger partial charge in [-0.15, -0.1) is 35.3 Å². The van der Waals surface area contributed by atoms with Crippen molar-refractivity contribution in [3.63, 3.8) is 0 Å². The van der Waals surface area contributed by atoms with Gasteiger partial charge in [-0.25, -0.2) is 14.4 Å². The minimum atomic E-state index is -0.965. The molecule has 21 nitrogen and oxygen atoms in total. The van der Waals surface area contributed by atoms with Crippen LogP contribution in [0.3, 0.4) is 0 Å². The highest BCUT2D eigenvalue weighted by atomic mass is 32.2. The summed E-state index contributed by atoms with van der Waals surface area (Å²) in [4.78, 5) is 125. The van der Waals surface area contributed by atoms with Crippen LogP contribution in [-0.4, -0.2) is 154 Å². The van der Waals surface area contributed by atoms with Gasteiger partial charge in [-0.05, 0) is 58.2 Å². The van der Waals surface area contributed by atoms with Crippen molar-refractivity contribution in [2.24, 2.45) is 0 Å². The molecule has 0 aromatic heterocycles. The summed E-state index contributed by atoms with van der Waals surface area (Å²) in [5.74, 6) is -5.10. The first kappa shape index (κ1) is 56.8. The van der Waals surface area contributed by atoms with Crippen molar-refractivity contribution >= 4 is 88.6 Å². The van der Waals surface area contributed by atoms with Crippen LogP contribution in [0.5, 0.6) is 17.2 Å². The fraction of sp³-hybridized carbons (Fsp3) is 0.421. The maximum atomic E-state index is 13.5. The van der Waals surface area contributed by atoms with E-state index in [-0.39, 0.29) is 37.1 Å². The highest BCUT2D eigenvalue weighted by molar-refractivity contribution is 8.02. The van der Waals surface area contributed by atoms with Gasteiger partial charge in [-0.1, -0.05) is 91.0 Å². The lowest BCUT2D eigenvalue weighted by Crippen LogP contribution is -2.71. The van der Waals surface area contributed by atoms with Crippen molar-refractivity contribution in [3.05, 3.63) is 126 Å². The summed E-state index contributed by atoms with van der Waals surface area (Å²) in [6.45, 7) is 9.28. The molecule has 6 aliphatic heterocycles. The highest BCUT2D eigenvalue weighted by Crippen LogP contribution is 2.53. The lowest BCUT2D eigenvalue weighted by atomic mass is 9.96. The molecule has 81 heavy (non-hydrogen) atoms. The third-order valence-corrected chi connectivity index (χ3v) is 19.3. The van der Waals surface area contributed by atoms with Crippen molar-refractivity contribution < 1.29 is 71.6 Å². The molecular weight excluding hydrogens is 1100 g/mol. The van der Waals surface area contributed by atoms with E-state index in [1.54, 1.807) is 0 Å². The molecule has 6 fully saturated rings.